The molecule has 2 heterocycles. The van der Waals surface area contributed by atoms with E-state index < -0.39 is 0 Å². The summed E-state index contributed by atoms with van der Waals surface area (Å²) in [4.78, 5) is 18.7. The van der Waals surface area contributed by atoms with Gasteiger partial charge in [-0.25, -0.2) is 0 Å². The highest BCUT2D eigenvalue weighted by Gasteiger charge is 2.29. The van der Waals surface area contributed by atoms with E-state index in [1.165, 1.54) is 0 Å². The topological polar surface area (TPSA) is 53.4 Å². The van der Waals surface area contributed by atoms with Crippen molar-refractivity contribution in [3.8, 4) is 11.8 Å². The Hall–Kier alpha value is -1.51. The first-order chi connectivity index (χ1) is 10.1. The molecule has 0 saturated carbocycles. The Labute approximate surface area is 129 Å². The van der Waals surface area contributed by atoms with Crippen molar-refractivity contribution in [2.75, 3.05) is 18.9 Å². The van der Waals surface area contributed by atoms with Crippen LogP contribution in [0.15, 0.2) is 18.5 Å². The maximum atomic E-state index is 12.6. The van der Waals surface area contributed by atoms with Crippen molar-refractivity contribution in [3.63, 3.8) is 0 Å². The van der Waals surface area contributed by atoms with E-state index >= 15 is 0 Å². The van der Waals surface area contributed by atoms with Gasteiger partial charge in [0.15, 0.2) is 0 Å². The molecule has 1 N–H and O–H groups in total. The molecule has 2 atom stereocenters. The molecule has 1 amide bonds. The summed E-state index contributed by atoms with van der Waals surface area (Å²) >= 11 is 1.90. The molecule has 2 rings (SSSR count). The van der Waals surface area contributed by atoms with E-state index in [2.05, 4.69) is 30.7 Å². The fourth-order valence-corrected chi connectivity index (χ4v) is 3.33. The Balaban J connectivity index is 2.16. The first-order valence-electron chi connectivity index (χ1n) is 7.11. The SMILES string of the molecule is CC1SCCN(C(=O)c2cncc(C#CCCO)c2)C1C. The summed E-state index contributed by atoms with van der Waals surface area (Å²) in [6, 6.07) is 2.00. The average Bonchev–Trinajstić information content (AvgIpc) is 2.50. The Bertz CT molecular complexity index is 565. The van der Waals surface area contributed by atoms with Crippen LogP contribution in [0.4, 0.5) is 0 Å². The zero-order valence-corrected chi connectivity index (χ0v) is 13.2. The molecule has 5 heteroatoms. The van der Waals surface area contributed by atoms with Gasteiger partial charge in [0.25, 0.3) is 5.91 Å². The minimum atomic E-state index is 0.0213. The zero-order valence-electron chi connectivity index (χ0n) is 12.4. The lowest BCUT2D eigenvalue weighted by atomic mass is 10.1. The Kier molecular flexibility index (Phi) is 5.66. The normalized spacial score (nSPS) is 21.6. The van der Waals surface area contributed by atoms with Crippen LogP contribution < -0.4 is 0 Å². The van der Waals surface area contributed by atoms with E-state index in [1.54, 1.807) is 18.5 Å². The van der Waals surface area contributed by atoms with Gasteiger partial charge in [-0.05, 0) is 13.0 Å². The van der Waals surface area contributed by atoms with Crippen molar-refractivity contribution in [3.05, 3.63) is 29.6 Å². The molecule has 4 nitrogen and oxygen atoms in total. The maximum absolute atomic E-state index is 12.6. The lowest BCUT2D eigenvalue weighted by Gasteiger charge is -2.37. The summed E-state index contributed by atoms with van der Waals surface area (Å²) in [5.74, 6) is 6.76. The number of aliphatic hydroxyl groups is 1. The second kappa shape index (κ2) is 7.48. The predicted molar refractivity (Wildman–Crippen MR) is 85.2 cm³/mol. The Morgan fingerprint density at radius 2 is 2.33 bits per heavy atom. The third-order valence-electron chi connectivity index (χ3n) is 3.60. The van der Waals surface area contributed by atoms with Crippen molar-refractivity contribution in [2.45, 2.75) is 31.6 Å². The number of nitrogens with zero attached hydrogens (tertiary/aromatic N) is 2. The van der Waals surface area contributed by atoms with Gasteiger partial charge in [-0.15, -0.1) is 0 Å². The molecule has 0 radical (unpaired) electrons. The molecule has 0 aliphatic carbocycles. The number of carbonyl (C=O) groups excluding carboxylic acids is 1. The first-order valence-corrected chi connectivity index (χ1v) is 8.15. The van der Waals surface area contributed by atoms with Crippen LogP contribution in [0.25, 0.3) is 0 Å². The van der Waals surface area contributed by atoms with Gasteiger partial charge in [-0.2, -0.15) is 11.8 Å². The molecule has 0 aromatic carbocycles. The van der Waals surface area contributed by atoms with Gasteiger partial charge in [0.2, 0.25) is 0 Å². The molecule has 21 heavy (non-hydrogen) atoms. The Morgan fingerprint density at radius 1 is 1.52 bits per heavy atom. The minimum absolute atomic E-state index is 0.0213. The number of hydrogen-bond acceptors (Lipinski definition) is 4. The van der Waals surface area contributed by atoms with Gasteiger partial charge < -0.3 is 10.0 Å². The fraction of sp³-hybridized carbons (Fsp3) is 0.500. The summed E-state index contributed by atoms with van der Waals surface area (Å²) in [7, 11) is 0. The largest absolute Gasteiger partial charge is 0.395 e. The molecule has 1 aliphatic rings. The zero-order chi connectivity index (χ0) is 15.2. The summed E-state index contributed by atoms with van der Waals surface area (Å²) in [6.45, 7) is 5.06. The van der Waals surface area contributed by atoms with E-state index in [0.29, 0.717) is 22.8 Å². The number of rotatable bonds is 2. The smallest absolute Gasteiger partial charge is 0.255 e. The van der Waals surface area contributed by atoms with E-state index in [1.807, 2.05) is 16.7 Å². The molecule has 1 fully saturated rings. The summed E-state index contributed by atoms with van der Waals surface area (Å²) in [5, 5.41) is 9.18. The van der Waals surface area contributed by atoms with Crippen molar-refractivity contribution < 1.29 is 9.90 Å². The highest BCUT2D eigenvalue weighted by molar-refractivity contribution is 8.00. The standard InChI is InChI=1S/C16H20N2O2S/c1-12-13(2)21-8-6-18(12)16(20)15-9-14(10-17-11-15)5-3-4-7-19/h9-13,19H,4,6-8H2,1-2H3. The van der Waals surface area contributed by atoms with Gasteiger partial charge in [-0.1, -0.05) is 18.8 Å². The number of aliphatic hydroxyl groups excluding tert-OH is 1. The van der Waals surface area contributed by atoms with E-state index in [0.717, 1.165) is 12.3 Å². The van der Waals surface area contributed by atoms with Crippen LogP contribution in [-0.4, -0.2) is 51.1 Å². The van der Waals surface area contributed by atoms with Gasteiger partial charge in [0, 0.05) is 48.0 Å². The van der Waals surface area contributed by atoms with Crippen LogP contribution in [0.5, 0.6) is 0 Å². The monoisotopic (exact) mass is 304 g/mol. The van der Waals surface area contributed by atoms with Gasteiger partial charge >= 0.3 is 0 Å². The summed E-state index contributed by atoms with van der Waals surface area (Å²) in [5.41, 5.74) is 1.29. The fourth-order valence-electron chi connectivity index (χ4n) is 2.23. The van der Waals surface area contributed by atoms with E-state index in [-0.39, 0.29) is 18.6 Å². The minimum Gasteiger partial charge on any atom is -0.395 e. The number of pyridine rings is 1. The van der Waals surface area contributed by atoms with Crippen LogP contribution in [0.2, 0.25) is 0 Å². The third-order valence-corrected chi connectivity index (χ3v) is 4.94. The number of amides is 1. The summed E-state index contributed by atoms with van der Waals surface area (Å²) in [6.07, 6.45) is 3.66. The molecule has 1 aromatic rings. The first kappa shape index (κ1) is 15.9. The third kappa shape index (κ3) is 3.99. The Morgan fingerprint density at radius 3 is 3.10 bits per heavy atom. The molecule has 112 valence electrons. The van der Waals surface area contributed by atoms with Gasteiger partial charge in [0.05, 0.1) is 12.2 Å². The average molecular weight is 304 g/mol. The lowest BCUT2D eigenvalue weighted by molar-refractivity contribution is 0.0697. The molecule has 0 bridgehead atoms. The number of carbonyl (C=O) groups is 1. The van der Waals surface area contributed by atoms with Crippen LogP contribution in [0.3, 0.4) is 0 Å². The molecule has 1 aliphatic heterocycles. The van der Waals surface area contributed by atoms with Crippen molar-refractivity contribution in [1.82, 2.24) is 9.88 Å². The van der Waals surface area contributed by atoms with Crippen molar-refractivity contribution in [1.29, 1.82) is 0 Å². The van der Waals surface area contributed by atoms with Crippen LogP contribution >= 0.6 is 11.8 Å². The highest BCUT2D eigenvalue weighted by Crippen LogP contribution is 2.25. The molecular weight excluding hydrogens is 284 g/mol. The molecular formula is C16H20N2O2S. The van der Waals surface area contributed by atoms with E-state index in [9.17, 15) is 4.79 Å². The highest BCUT2D eigenvalue weighted by atomic mass is 32.2. The summed E-state index contributed by atoms with van der Waals surface area (Å²) < 4.78 is 0. The predicted octanol–water partition coefficient (Wildman–Crippen LogP) is 1.78. The molecule has 2 unspecified atom stereocenters. The van der Waals surface area contributed by atoms with Crippen molar-refractivity contribution in [2.24, 2.45) is 0 Å². The molecule has 0 spiro atoms. The lowest BCUT2D eigenvalue weighted by Crippen LogP contribution is -2.48. The number of thioether (sulfide) groups is 1. The van der Waals surface area contributed by atoms with Crippen LogP contribution in [-0.2, 0) is 0 Å². The maximum Gasteiger partial charge on any atom is 0.255 e. The van der Waals surface area contributed by atoms with Crippen molar-refractivity contribution >= 4 is 17.7 Å². The van der Waals surface area contributed by atoms with Gasteiger partial charge in [0.1, 0.15) is 0 Å². The number of hydrogen-bond donors (Lipinski definition) is 1. The van der Waals surface area contributed by atoms with E-state index in [4.69, 9.17) is 5.11 Å². The number of aromatic nitrogens is 1. The molecule has 1 aromatic heterocycles. The quantitative estimate of drug-likeness (QED) is 0.846. The van der Waals surface area contributed by atoms with Crippen LogP contribution in [0.1, 0.15) is 36.2 Å². The van der Waals surface area contributed by atoms with Gasteiger partial charge in [-0.3, -0.25) is 9.78 Å². The molecule has 1 saturated heterocycles. The second-order valence-electron chi connectivity index (χ2n) is 5.05. The van der Waals surface area contributed by atoms with Crippen LogP contribution in [0, 0.1) is 11.8 Å². The second-order valence-corrected chi connectivity index (χ2v) is 6.54.